The molecule has 0 unspecified atom stereocenters. The zero-order chi connectivity index (χ0) is 10.4. The molecular formula is C7H10N2O4S. The summed E-state index contributed by atoms with van der Waals surface area (Å²) in [4.78, 5) is 14.3. The first-order valence-electron chi connectivity index (χ1n) is 4.22. The Hall–Kier alpha value is -1.11. The predicted molar refractivity (Wildman–Crippen MR) is 48.7 cm³/mol. The molecule has 0 aromatic heterocycles. The molecule has 14 heavy (non-hydrogen) atoms. The summed E-state index contributed by atoms with van der Waals surface area (Å²) in [5, 5.41) is 0. The lowest BCUT2D eigenvalue weighted by atomic mass is 9.96. The van der Waals surface area contributed by atoms with Gasteiger partial charge in [-0.2, -0.15) is 4.99 Å². The Morgan fingerprint density at radius 3 is 2.36 bits per heavy atom. The number of nitrogens with zero attached hydrogens (tertiary/aromatic N) is 1. The largest absolute Gasteiger partial charge is 0.436 e. The number of carbonyl (C=O) groups excluding carboxylic acids is 1. The molecule has 0 saturated carbocycles. The summed E-state index contributed by atoms with van der Waals surface area (Å²) in [5.41, 5.74) is 4.59. The van der Waals surface area contributed by atoms with E-state index >= 15 is 0 Å². The van der Waals surface area contributed by atoms with Gasteiger partial charge in [-0.25, -0.2) is 13.2 Å². The Morgan fingerprint density at radius 2 is 1.93 bits per heavy atom. The molecule has 1 saturated heterocycles. The van der Waals surface area contributed by atoms with E-state index in [9.17, 15) is 13.2 Å². The van der Waals surface area contributed by atoms with Crippen molar-refractivity contribution in [3.63, 3.8) is 0 Å². The van der Waals surface area contributed by atoms with Crippen LogP contribution >= 0.6 is 0 Å². The number of sulfone groups is 1. The zero-order valence-electron chi connectivity index (χ0n) is 7.39. The van der Waals surface area contributed by atoms with Crippen LogP contribution in [0.15, 0.2) is 4.99 Å². The normalized spacial score (nSPS) is 28.6. The highest BCUT2D eigenvalue weighted by molar-refractivity contribution is 7.91. The van der Waals surface area contributed by atoms with Crippen LogP contribution in [0.25, 0.3) is 0 Å². The first-order valence-corrected chi connectivity index (χ1v) is 6.04. The molecule has 2 heterocycles. The van der Waals surface area contributed by atoms with Gasteiger partial charge in [-0.15, -0.1) is 0 Å². The molecular weight excluding hydrogens is 208 g/mol. The SMILES string of the molecule is NC1=NC(=O)OC12CCS(=O)(=O)CC2. The van der Waals surface area contributed by atoms with Crippen molar-refractivity contribution in [2.45, 2.75) is 18.4 Å². The third-order valence-electron chi connectivity index (χ3n) is 2.60. The van der Waals surface area contributed by atoms with Crippen LogP contribution in [-0.4, -0.2) is 37.5 Å². The Morgan fingerprint density at radius 1 is 1.36 bits per heavy atom. The summed E-state index contributed by atoms with van der Waals surface area (Å²) >= 11 is 0. The van der Waals surface area contributed by atoms with Crippen LogP contribution in [0, 0.1) is 0 Å². The minimum absolute atomic E-state index is 0.00347. The van der Waals surface area contributed by atoms with Gasteiger partial charge in [0.15, 0.2) is 21.3 Å². The van der Waals surface area contributed by atoms with Gasteiger partial charge in [0.25, 0.3) is 0 Å². The molecule has 7 heteroatoms. The number of amidine groups is 1. The van der Waals surface area contributed by atoms with Crippen LogP contribution in [-0.2, 0) is 14.6 Å². The molecule has 0 aromatic rings. The molecule has 2 N–H and O–H groups in total. The number of nitrogens with two attached hydrogens (primary N) is 1. The summed E-state index contributed by atoms with van der Waals surface area (Å²) in [6.07, 6.45) is -0.283. The van der Waals surface area contributed by atoms with Crippen molar-refractivity contribution < 1.29 is 17.9 Å². The molecule has 1 spiro atoms. The van der Waals surface area contributed by atoms with Crippen LogP contribution in [0.2, 0.25) is 0 Å². The van der Waals surface area contributed by atoms with Crippen LogP contribution in [0.3, 0.4) is 0 Å². The summed E-state index contributed by atoms with van der Waals surface area (Å²) in [6.45, 7) is 0. The van der Waals surface area contributed by atoms with E-state index in [4.69, 9.17) is 10.5 Å². The van der Waals surface area contributed by atoms with E-state index in [1.165, 1.54) is 0 Å². The molecule has 0 radical (unpaired) electrons. The molecule has 0 aliphatic carbocycles. The van der Waals surface area contributed by atoms with E-state index in [0.29, 0.717) is 0 Å². The average Bonchev–Trinajstić information content (AvgIpc) is 2.35. The van der Waals surface area contributed by atoms with Crippen molar-refractivity contribution in [1.29, 1.82) is 0 Å². The molecule has 2 aliphatic heterocycles. The first-order chi connectivity index (χ1) is 6.44. The second-order valence-electron chi connectivity index (χ2n) is 3.51. The minimum Gasteiger partial charge on any atom is -0.433 e. The number of hydrogen-bond donors (Lipinski definition) is 1. The van der Waals surface area contributed by atoms with Crippen molar-refractivity contribution in [2.24, 2.45) is 10.7 Å². The van der Waals surface area contributed by atoms with E-state index in [1.807, 2.05) is 0 Å². The van der Waals surface area contributed by atoms with Crippen LogP contribution in [0.1, 0.15) is 12.8 Å². The van der Waals surface area contributed by atoms with E-state index in [2.05, 4.69) is 4.99 Å². The van der Waals surface area contributed by atoms with E-state index < -0.39 is 21.5 Å². The Balaban J connectivity index is 2.23. The maximum absolute atomic E-state index is 11.2. The molecule has 78 valence electrons. The zero-order valence-corrected chi connectivity index (χ0v) is 8.21. The number of amides is 1. The van der Waals surface area contributed by atoms with Crippen molar-refractivity contribution in [1.82, 2.24) is 0 Å². The number of hydrogen-bond acceptors (Lipinski definition) is 5. The Labute approximate surface area is 81.1 Å². The van der Waals surface area contributed by atoms with Crippen LogP contribution in [0.4, 0.5) is 4.79 Å². The smallest absolute Gasteiger partial charge is 0.433 e. The lowest BCUT2D eigenvalue weighted by molar-refractivity contribution is 0.0738. The Kier molecular flexibility index (Phi) is 1.82. The van der Waals surface area contributed by atoms with Gasteiger partial charge in [-0.1, -0.05) is 0 Å². The second kappa shape index (κ2) is 2.69. The fraction of sp³-hybridized carbons (Fsp3) is 0.714. The molecule has 0 aromatic carbocycles. The second-order valence-corrected chi connectivity index (χ2v) is 5.81. The standard InChI is InChI=1S/C7H10N2O4S/c8-5-7(13-6(10)9-5)1-3-14(11,12)4-2-7/h1-4H2,(H2,8,9,10). The lowest BCUT2D eigenvalue weighted by Crippen LogP contribution is -2.48. The molecule has 6 nitrogen and oxygen atoms in total. The van der Waals surface area contributed by atoms with Crippen molar-refractivity contribution >= 4 is 21.8 Å². The van der Waals surface area contributed by atoms with E-state index in [-0.39, 0.29) is 30.2 Å². The highest BCUT2D eigenvalue weighted by Crippen LogP contribution is 2.31. The summed E-state index contributed by atoms with van der Waals surface area (Å²) in [5.74, 6) is 0.102. The van der Waals surface area contributed by atoms with Gasteiger partial charge >= 0.3 is 6.09 Å². The monoisotopic (exact) mass is 218 g/mol. The predicted octanol–water partition coefficient (Wildman–Crippen LogP) is -0.559. The summed E-state index contributed by atoms with van der Waals surface area (Å²) in [6, 6.07) is 0. The van der Waals surface area contributed by atoms with Crippen molar-refractivity contribution in [3.8, 4) is 0 Å². The highest BCUT2D eigenvalue weighted by Gasteiger charge is 2.47. The lowest BCUT2D eigenvalue weighted by Gasteiger charge is -2.30. The molecule has 1 fully saturated rings. The molecule has 2 aliphatic rings. The highest BCUT2D eigenvalue weighted by atomic mass is 32.2. The van der Waals surface area contributed by atoms with Gasteiger partial charge in [0.05, 0.1) is 11.5 Å². The van der Waals surface area contributed by atoms with Crippen LogP contribution < -0.4 is 5.73 Å². The van der Waals surface area contributed by atoms with Gasteiger partial charge in [-0.3, -0.25) is 0 Å². The number of rotatable bonds is 0. The van der Waals surface area contributed by atoms with Crippen molar-refractivity contribution in [3.05, 3.63) is 0 Å². The van der Waals surface area contributed by atoms with Gasteiger partial charge in [-0.05, 0) is 0 Å². The average molecular weight is 218 g/mol. The number of aliphatic imine (C=N–C) groups is 1. The van der Waals surface area contributed by atoms with Gasteiger partial charge in [0.1, 0.15) is 0 Å². The quantitative estimate of drug-likeness (QED) is 0.587. The van der Waals surface area contributed by atoms with Crippen molar-refractivity contribution in [2.75, 3.05) is 11.5 Å². The molecule has 1 amide bonds. The summed E-state index contributed by atoms with van der Waals surface area (Å²) < 4.78 is 27.3. The topological polar surface area (TPSA) is 98.8 Å². The number of carbonyl (C=O) groups is 1. The van der Waals surface area contributed by atoms with Gasteiger partial charge in [0, 0.05) is 12.8 Å². The fourth-order valence-electron chi connectivity index (χ4n) is 1.67. The van der Waals surface area contributed by atoms with Gasteiger partial charge in [0.2, 0.25) is 0 Å². The minimum atomic E-state index is -2.99. The maximum atomic E-state index is 11.2. The third kappa shape index (κ3) is 1.37. The Bertz CT molecular complexity index is 397. The molecule has 0 atom stereocenters. The molecule has 2 rings (SSSR count). The summed E-state index contributed by atoms with van der Waals surface area (Å²) in [7, 11) is -2.99. The third-order valence-corrected chi connectivity index (χ3v) is 4.25. The number of ether oxygens (including phenoxy) is 1. The molecule has 0 bridgehead atoms. The van der Waals surface area contributed by atoms with Crippen LogP contribution in [0.5, 0.6) is 0 Å². The first kappa shape index (κ1) is 9.45. The van der Waals surface area contributed by atoms with Gasteiger partial charge < -0.3 is 10.5 Å². The maximum Gasteiger partial charge on any atom is 0.436 e. The fourth-order valence-corrected chi connectivity index (χ4v) is 3.15. The van der Waals surface area contributed by atoms with E-state index in [0.717, 1.165) is 0 Å². The van der Waals surface area contributed by atoms with E-state index in [1.54, 1.807) is 0 Å².